The number of rotatable bonds is 3. The van der Waals surface area contributed by atoms with Crippen molar-refractivity contribution in [2.75, 3.05) is 13.1 Å². The molecule has 5 heteroatoms. The summed E-state index contributed by atoms with van der Waals surface area (Å²) < 4.78 is 1.57. The number of fused-ring (bicyclic) bond motifs is 1. The number of hydrogen-bond donors (Lipinski definition) is 1. The molecule has 3 aromatic carbocycles. The van der Waals surface area contributed by atoms with Crippen LogP contribution < -0.4 is 5.69 Å². The van der Waals surface area contributed by atoms with Crippen molar-refractivity contribution < 1.29 is 4.79 Å². The first-order valence-corrected chi connectivity index (χ1v) is 9.96. The molecule has 1 amide bonds. The van der Waals surface area contributed by atoms with Gasteiger partial charge in [0.1, 0.15) is 0 Å². The van der Waals surface area contributed by atoms with Crippen LogP contribution >= 0.6 is 0 Å². The van der Waals surface area contributed by atoms with E-state index in [1.54, 1.807) is 22.9 Å². The van der Waals surface area contributed by atoms with Crippen molar-refractivity contribution in [1.82, 2.24) is 14.5 Å². The van der Waals surface area contributed by atoms with Gasteiger partial charge in [0.2, 0.25) is 0 Å². The van der Waals surface area contributed by atoms with Gasteiger partial charge in [-0.1, -0.05) is 54.6 Å². The van der Waals surface area contributed by atoms with Crippen molar-refractivity contribution in [3.8, 4) is 5.69 Å². The SMILES string of the molecule is Cc1c[nH]c(=O)n1-c1cccc(C(=O)N2CC=C(c3cccc4ccccc34)C2)c1. The summed E-state index contributed by atoms with van der Waals surface area (Å²) in [7, 11) is 0. The van der Waals surface area contributed by atoms with E-state index < -0.39 is 0 Å². The highest BCUT2D eigenvalue weighted by molar-refractivity contribution is 5.99. The van der Waals surface area contributed by atoms with Crippen molar-refractivity contribution in [2.45, 2.75) is 6.92 Å². The molecule has 0 spiro atoms. The van der Waals surface area contributed by atoms with Gasteiger partial charge in [0.05, 0.1) is 5.69 Å². The molecule has 5 nitrogen and oxygen atoms in total. The van der Waals surface area contributed by atoms with Gasteiger partial charge in [-0.2, -0.15) is 0 Å². The van der Waals surface area contributed by atoms with Crippen LogP contribution in [0.5, 0.6) is 0 Å². The fraction of sp³-hybridized carbons (Fsp3) is 0.120. The van der Waals surface area contributed by atoms with E-state index in [0.717, 1.165) is 11.3 Å². The minimum atomic E-state index is -0.210. The molecule has 0 bridgehead atoms. The maximum atomic E-state index is 13.2. The van der Waals surface area contributed by atoms with Gasteiger partial charge < -0.3 is 9.88 Å². The third kappa shape index (κ3) is 3.05. The molecule has 30 heavy (non-hydrogen) atoms. The maximum Gasteiger partial charge on any atom is 0.330 e. The number of carbonyl (C=O) groups is 1. The van der Waals surface area contributed by atoms with Crippen molar-refractivity contribution >= 4 is 22.3 Å². The van der Waals surface area contributed by atoms with Gasteiger partial charge >= 0.3 is 5.69 Å². The Balaban J connectivity index is 1.41. The number of aryl methyl sites for hydroxylation is 1. The van der Waals surface area contributed by atoms with Gasteiger partial charge in [0.15, 0.2) is 0 Å². The number of H-pyrrole nitrogens is 1. The quantitative estimate of drug-likeness (QED) is 0.566. The van der Waals surface area contributed by atoms with E-state index in [9.17, 15) is 9.59 Å². The second-order valence-corrected chi connectivity index (χ2v) is 7.56. The number of benzene rings is 3. The number of nitrogens with one attached hydrogen (secondary N) is 1. The highest BCUT2D eigenvalue weighted by atomic mass is 16.2. The average Bonchev–Trinajstić information content (AvgIpc) is 3.39. The van der Waals surface area contributed by atoms with Crippen LogP contribution in [0.15, 0.2) is 83.8 Å². The second kappa shape index (κ2) is 7.19. The maximum absolute atomic E-state index is 13.2. The van der Waals surface area contributed by atoms with E-state index in [0.29, 0.717) is 24.3 Å². The molecule has 1 aliphatic rings. The Hall–Kier alpha value is -3.86. The summed E-state index contributed by atoms with van der Waals surface area (Å²) in [5.41, 5.74) is 4.18. The molecule has 0 radical (unpaired) electrons. The molecule has 0 fully saturated rings. The van der Waals surface area contributed by atoms with Crippen molar-refractivity contribution in [3.63, 3.8) is 0 Å². The van der Waals surface area contributed by atoms with Gasteiger partial charge in [-0.25, -0.2) is 4.79 Å². The molecule has 0 saturated heterocycles. The van der Waals surface area contributed by atoms with E-state index in [4.69, 9.17) is 0 Å². The molecule has 2 heterocycles. The van der Waals surface area contributed by atoms with Crippen LogP contribution in [0, 0.1) is 6.92 Å². The molecule has 0 unspecified atom stereocenters. The molecule has 1 aromatic heterocycles. The van der Waals surface area contributed by atoms with Gasteiger partial charge in [0.25, 0.3) is 5.91 Å². The second-order valence-electron chi connectivity index (χ2n) is 7.56. The zero-order chi connectivity index (χ0) is 20.7. The van der Waals surface area contributed by atoms with Crippen LogP contribution in [0.4, 0.5) is 0 Å². The molecule has 148 valence electrons. The monoisotopic (exact) mass is 395 g/mol. The zero-order valence-electron chi connectivity index (χ0n) is 16.6. The van der Waals surface area contributed by atoms with Crippen LogP contribution in [0.3, 0.4) is 0 Å². The summed E-state index contributed by atoms with van der Waals surface area (Å²) in [6, 6.07) is 21.8. The normalized spacial score (nSPS) is 13.6. The predicted molar refractivity (Wildman–Crippen MR) is 119 cm³/mol. The number of nitrogens with zero attached hydrogens (tertiary/aromatic N) is 2. The summed E-state index contributed by atoms with van der Waals surface area (Å²) in [4.78, 5) is 29.8. The van der Waals surface area contributed by atoms with Crippen LogP contribution in [0.1, 0.15) is 21.6 Å². The lowest BCUT2D eigenvalue weighted by Crippen LogP contribution is -2.29. The molecule has 0 aliphatic carbocycles. The molecular formula is C25H21N3O2. The molecule has 1 N–H and O–H groups in total. The molecule has 0 saturated carbocycles. The number of aromatic nitrogens is 2. The Labute approximate surface area is 173 Å². The number of amides is 1. The standard InChI is InChI=1S/C25H21N3O2/c1-17-15-26-25(30)28(17)21-9-4-8-19(14-21)24(29)27-13-12-20(16-27)23-11-5-7-18-6-2-3-10-22(18)23/h2-12,14-15H,13,16H2,1H3,(H,26,30). The third-order valence-corrected chi connectivity index (χ3v) is 5.65. The van der Waals surface area contributed by atoms with Crippen LogP contribution in [0.25, 0.3) is 22.0 Å². The highest BCUT2D eigenvalue weighted by Gasteiger charge is 2.23. The van der Waals surface area contributed by atoms with Crippen LogP contribution in [-0.4, -0.2) is 33.4 Å². The number of carbonyl (C=O) groups excluding carboxylic acids is 1. The molecular weight excluding hydrogens is 374 g/mol. The third-order valence-electron chi connectivity index (χ3n) is 5.65. The van der Waals surface area contributed by atoms with Crippen LogP contribution in [-0.2, 0) is 0 Å². The fourth-order valence-corrected chi connectivity index (χ4v) is 4.15. The zero-order valence-corrected chi connectivity index (χ0v) is 16.6. The summed E-state index contributed by atoms with van der Waals surface area (Å²) >= 11 is 0. The first-order valence-electron chi connectivity index (χ1n) is 9.96. The summed E-state index contributed by atoms with van der Waals surface area (Å²) in [5.74, 6) is -0.0374. The molecule has 4 aromatic rings. The number of imidazole rings is 1. The fourth-order valence-electron chi connectivity index (χ4n) is 4.15. The van der Waals surface area contributed by atoms with E-state index in [1.165, 1.54) is 16.3 Å². The Morgan fingerprint density at radius 1 is 1.00 bits per heavy atom. The Morgan fingerprint density at radius 2 is 1.80 bits per heavy atom. The Morgan fingerprint density at radius 3 is 2.63 bits per heavy atom. The van der Waals surface area contributed by atoms with Crippen LogP contribution in [0.2, 0.25) is 0 Å². The van der Waals surface area contributed by atoms with E-state index in [-0.39, 0.29) is 11.6 Å². The molecule has 5 rings (SSSR count). The summed E-state index contributed by atoms with van der Waals surface area (Å²) in [6.07, 6.45) is 3.79. The van der Waals surface area contributed by atoms with Gasteiger partial charge in [0, 0.05) is 30.5 Å². The largest absolute Gasteiger partial charge is 0.331 e. The first kappa shape index (κ1) is 18.2. The Kier molecular flexibility index (Phi) is 4.36. The highest BCUT2D eigenvalue weighted by Crippen LogP contribution is 2.29. The van der Waals surface area contributed by atoms with Gasteiger partial charge in [-0.3, -0.25) is 9.36 Å². The lowest BCUT2D eigenvalue weighted by atomic mass is 9.99. The average molecular weight is 395 g/mol. The van der Waals surface area contributed by atoms with E-state index in [1.807, 2.05) is 36.1 Å². The minimum absolute atomic E-state index is 0.0374. The van der Waals surface area contributed by atoms with E-state index in [2.05, 4.69) is 41.4 Å². The van der Waals surface area contributed by atoms with Gasteiger partial charge in [-0.05, 0) is 47.0 Å². The number of hydrogen-bond acceptors (Lipinski definition) is 2. The van der Waals surface area contributed by atoms with E-state index >= 15 is 0 Å². The summed E-state index contributed by atoms with van der Waals surface area (Å²) in [6.45, 7) is 3.00. The molecule has 1 aliphatic heterocycles. The summed E-state index contributed by atoms with van der Waals surface area (Å²) in [5, 5.41) is 2.39. The number of aromatic amines is 1. The lowest BCUT2D eigenvalue weighted by Gasteiger charge is -2.18. The van der Waals surface area contributed by atoms with Crippen molar-refractivity contribution in [3.05, 3.63) is 106 Å². The predicted octanol–water partition coefficient (Wildman–Crippen LogP) is 4.17. The van der Waals surface area contributed by atoms with Gasteiger partial charge in [-0.15, -0.1) is 0 Å². The minimum Gasteiger partial charge on any atom is -0.331 e. The smallest absolute Gasteiger partial charge is 0.330 e. The molecule has 0 atom stereocenters. The lowest BCUT2D eigenvalue weighted by molar-refractivity contribution is 0.0801. The van der Waals surface area contributed by atoms with Crippen molar-refractivity contribution in [2.24, 2.45) is 0 Å². The first-order chi connectivity index (χ1) is 14.6. The topological polar surface area (TPSA) is 58.1 Å². The van der Waals surface area contributed by atoms with Crippen molar-refractivity contribution in [1.29, 1.82) is 0 Å². The Bertz CT molecular complexity index is 1350.